The zero-order chi connectivity index (χ0) is 15.8. The Morgan fingerprint density at radius 3 is 2.81 bits per heavy atom. The highest BCUT2D eigenvalue weighted by molar-refractivity contribution is 5.89. The SMILES string of the molecule is C=CCN(CCO)C(=O)Nc1ccc(OC(C)C)cc1F. The first-order valence-corrected chi connectivity index (χ1v) is 6.71. The van der Waals surface area contributed by atoms with E-state index < -0.39 is 11.8 Å². The molecule has 1 aromatic rings. The number of rotatable bonds is 7. The van der Waals surface area contributed by atoms with Crippen molar-refractivity contribution in [3.8, 4) is 5.75 Å². The summed E-state index contributed by atoms with van der Waals surface area (Å²) in [6.45, 7) is 7.46. The minimum absolute atomic E-state index is 0.0579. The van der Waals surface area contributed by atoms with Gasteiger partial charge in [-0.3, -0.25) is 0 Å². The van der Waals surface area contributed by atoms with E-state index in [4.69, 9.17) is 9.84 Å². The molecule has 0 heterocycles. The summed E-state index contributed by atoms with van der Waals surface area (Å²) in [6, 6.07) is 3.75. The number of anilines is 1. The first-order chi connectivity index (χ1) is 9.97. The maximum absolute atomic E-state index is 13.9. The van der Waals surface area contributed by atoms with Gasteiger partial charge in [0.1, 0.15) is 11.6 Å². The molecular formula is C15H21FN2O3. The Kier molecular flexibility index (Phi) is 6.68. The van der Waals surface area contributed by atoms with Crippen molar-refractivity contribution >= 4 is 11.7 Å². The van der Waals surface area contributed by atoms with E-state index in [2.05, 4.69) is 11.9 Å². The Hall–Kier alpha value is -2.08. The third kappa shape index (κ3) is 5.43. The van der Waals surface area contributed by atoms with E-state index in [1.54, 1.807) is 6.07 Å². The molecule has 5 nitrogen and oxygen atoms in total. The molecule has 0 aromatic heterocycles. The third-order valence-electron chi connectivity index (χ3n) is 2.56. The van der Waals surface area contributed by atoms with Gasteiger partial charge in [0.2, 0.25) is 0 Å². The summed E-state index contributed by atoms with van der Waals surface area (Å²) >= 11 is 0. The van der Waals surface area contributed by atoms with Crippen LogP contribution in [0.5, 0.6) is 5.75 Å². The van der Waals surface area contributed by atoms with Gasteiger partial charge in [-0.1, -0.05) is 6.08 Å². The van der Waals surface area contributed by atoms with Crippen molar-refractivity contribution in [3.63, 3.8) is 0 Å². The van der Waals surface area contributed by atoms with E-state index in [1.165, 1.54) is 23.1 Å². The highest BCUT2D eigenvalue weighted by Gasteiger charge is 2.14. The number of aliphatic hydroxyl groups excluding tert-OH is 1. The molecule has 0 saturated carbocycles. The lowest BCUT2D eigenvalue weighted by Crippen LogP contribution is -2.37. The molecule has 116 valence electrons. The minimum atomic E-state index is -0.580. The van der Waals surface area contributed by atoms with Crippen molar-refractivity contribution in [3.05, 3.63) is 36.7 Å². The molecular weight excluding hydrogens is 275 g/mol. The molecule has 1 rings (SSSR count). The van der Waals surface area contributed by atoms with Crippen molar-refractivity contribution in [1.29, 1.82) is 0 Å². The number of benzene rings is 1. The van der Waals surface area contributed by atoms with Crippen LogP contribution in [0.2, 0.25) is 0 Å². The lowest BCUT2D eigenvalue weighted by Gasteiger charge is -2.20. The second-order valence-corrected chi connectivity index (χ2v) is 4.70. The number of carbonyl (C=O) groups excluding carboxylic acids is 1. The lowest BCUT2D eigenvalue weighted by atomic mass is 10.3. The number of nitrogens with zero attached hydrogens (tertiary/aromatic N) is 1. The number of carbonyl (C=O) groups is 1. The Labute approximate surface area is 124 Å². The van der Waals surface area contributed by atoms with E-state index in [-0.39, 0.29) is 31.5 Å². The molecule has 6 heteroatoms. The molecule has 2 amide bonds. The van der Waals surface area contributed by atoms with Gasteiger partial charge in [-0.2, -0.15) is 0 Å². The van der Waals surface area contributed by atoms with Crippen molar-refractivity contribution < 1.29 is 19.0 Å². The topological polar surface area (TPSA) is 61.8 Å². The molecule has 21 heavy (non-hydrogen) atoms. The fraction of sp³-hybridized carbons (Fsp3) is 0.400. The summed E-state index contributed by atoms with van der Waals surface area (Å²) in [6.07, 6.45) is 1.48. The maximum atomic E-state index is 13.9. The fourth-order valence-corrected chi connectivity index (χ4v) is 1.69. The molecule has 0 aliphatic carbocycles. The number of ether oxygens (including phenoxy) is 1. The predicted molar refractivity (Wildman–Crippen MR) is 80.0 cm³/mol. The lowest BCUT2D eigenvalue weighted by molar-refractivity contribution is 0.195. The Morgan fingerprint density at radius 2 is 2.29 bits per heavy atom. The molecule has 2 N–H and O–H groups in total. The van der Waals surface area contributed by atoms with Gasteiger partial charge in [-0.25, -0.2) is 9.18 Å². The summed E-state index contributed by atoms with van der Waals surface area (Å²) in [5.74, 6) is -0.178. The highest BCUT2D eigenvalue weighted by atomic mass is 19.1. The molecule has 0 saturated heterocycles. The van der Waals surface area contributed by atoms with Crippen LogP contribution in [-0.4, -0.2) is 41.8 Å². The van der Waals surface area contributed by atoms with Crippen molar-refractivity contribution in [2.45, 2.75) is 20.0 Å². The number of aliphatic hydroxyl groups is 1. The van der Waals surface area contributed by atoms with Crippen LogP contribution in [-0.2, 0) is 0 Å². The normalized spacial score (nSPS) is 10.3. The predicted octanol–water partition coefficient (Wildman–Crippen LogP) is 2.63. The van der Waals surface area contributed by atoms with Gasteiger partial charge in [0.25, 0.3) is 0 Å². The largest absolute Gasteiger partial charge is 0.491 e. The maximum Gasteiger partial charge on any atom is 0.322 e. The first kappa shape index (κ1) is 17.0. The fourth-order valence-electron chi connectivity index (χ4n) is 1.69. The van der Waals surface area contributed by atoms with Crippen LogP contribution in [0, 0.1) is 5.82 Å². The van der Waals surface area contributed by atoms with Crippen LogP contribution in [0.4, 0.5) is 14.9 Å². The van der Waals surface area contributed by atoms with E-state index in [0.29, 0.717) is 5.75 Å². The summed E-state index contributed by atoms with van der Waals surface area (Å²) in [7, 11) is 0. The molecule has 0 unspecified atom stereocenters. The van der Waals surface area contributed by atoms with Crippen LogP contribution >= 0.6 is 0 Å². The minimum Gasteiger partial charge on any atom is -0.491 e. The van der Waals surface area contributed by atoms with Crippen LogP contribution in [0.15, 0.2) is 30.9 Å². The average molecular weight is 296 g/mol. The molecule has 0 spiro atoms. The van der Waals surface area contributed by atoms with Gasteiger partial charge in [0.05, 0.1) is 18.4 Å². The number of amides is 2. The number of hydrogen-bond donors (Lipinski definition) is 2. The number of halogens is 1. The zero-order valence-corrected chi connectivity index (χ0v) is 12.3. The van der Waals surface area contributed by atoms with Crippen molar-refractivity contribution in [2.24, 2.45) is 0 Å². The van der Waals surface area contributed by atoms with Gasteiger partial charge in [0, 0.05) is 19.2 Å². The zero-order valence-electron chi connectivity index (χ0n) is 12.3. The van der Waals surface area contributed by atoms with Crippen LogP contribution in [0.25, 0.3) is 0 Å². The molecule has 0 aliphatic rings. The van der Waals surface area contributed by atoms with Gasteiger partial charge >= 0.3 is 6.03 Å². The van der Waals surface area contributed by atoms with Crippen LogP contribution < -0.4 is 10.1 Å². The molecule has 0 atom stereocenters. The Balaban J connectivity index is 2.77. The van der Waals surface area contributed by atoms with Gasteiger partial charge in [-0.05, 0) is 26.0 Å². The summed E-state index contributed by atoms with van der Waals surface area (Å²) in [4.78, 5) is 13.3. The van der Waals surface area contributed by atoms with E-state index >= 15 is 0 Å². The number of urea groups is 1. The first-order valence-electron chi connectivity index (χ1n) is 6.71. The number of nitrogens with one attached hydrogen (secondary N) is 1. The molecule has 0 bridgehead atoms. The quantitative estimate of drug-likeness (QED) is 0.760. The van der Waals surface area contributed by atoms with Crippen molar-refractivity contribution in [1.82, 2.24) is 4.90 Å². The monoisotopic (exact) mass is 296 g/mol. The molecule has 0 fully saturated rings. The number of hydrogen-bond acceptors (Lipinski definition) is 3. The Bertz CT molecular complexity index is 492. The molecule has 0 aliphatic heterocycles. The van der Waals surface area contributed by atoms with Crippen LogP contribution in [0.3, 0.4) is 0 Å². The summed E-state index contributed by atoms with van der Waals surface area (Å²) in [5, 5.41) is 11.4. The average Bonchev–Trinajstić information content (AvgIpc) is 2.41. The molecule has 0 radical (unpaired) electrons. The van der Waals surface area contributed by atoms with Crippen LogP contribution in [0.1, 0.15) is 13.8 Å². The standard InChI is InChI=1S/C15H21FN2O3/c1-4-7-18(8-9-19)15(20)17-14-6-5-12(10-13(14)16)21-11(2)3/h4-6,10-11,19H,1,7-9H2,2-3H3,(H,17,20). The van der Waals surface area contributed by atoms with E-state index in [9.17, 15) is 9.18 Å². The van der Waals surface area contributed by atoms with Gasteiger partial charge in [0.15, 0.2) is 0 Å². The van der Waals surface area contributed by atoms with Gasteiger partial charge in [-0.15, -0.1) is 6.58 Å². The highest BCUT2D eigenvalue weighted by Crippen LogP contribution is 2.21. The van der Waals surface area contributed by atoms with E-state index in [1.807, 2.05) is 13.8 Å². The third-order valence-corrected chi connectivity index (χ3v) is 2.56. The molecule has 1 aromatic carbocycles. The smallest absolute Gasteiger partial charge is 0.322 e. The second-order valence-electron chi connectivity index (χ2n) is 4.70. The summed E-state index contributed by atoms with van der Waals surface area (Å²) in [5.41, 5.74) is 0.0584. The summed E-state index contributed by atoms with van der Waals surface area (Å²) < 4.78 is 19.3. The second kappa shape index (κ2) is 8.26. The Morgan fingerprint density at radius 1 is 1.57 bits per heavy atom. The van der Waals surface area contributed by atoms with Gasteiger partial charge < -0.3 is 20.1 Å². The van der Waals surface area contributed by atoms with E-state index in [0.717, 1.165) is 0 Å². The van der Waals surface area contributed by atoms with Crippen molar-refractivity contribution in [2.75, 3.05) is 25.0 Å².